The van der Waals surface area contributed by atoms with Gasteiger partial charge in [-0.25, -0.2) is 22.5 Å². The maximum atomic E-state index is 13.8. The zero-order valence-electron chi connectivity index (χ0n) is 17.7. The predicted molar refractivity (Wildman–Crippen MR) is 130 cm³/mol. The van der Waals surface area contributed by atoms with Gasteiger partial charge < -0.3 is 10.6 Å². The fraction of sp³-hybridized carbons (Fsp3) is 0.381. The highest BCUT2D eigenvalue weighted by molar-refractivity contribution is 14.0. The fourth-order valence-electron chi connectivity index (χ4n) is 2.68. The van der Waals surface area contributed by atoms with Crippen molar-refractivity contribution < 1.29 is 12.8 Å². The predicted octanol–water partition coefficient (Wildman–Crippen LogP) is 3.78. The summed E-state index contributed by atoms with van der Waals surface area (Å²) in [6.45, 7) is 8.35. The summed E-state index contributed by atoms with van der Waals surface area (Å²) in [6.07, 6.45) is 0. The molecule has 2 aromatic carbocycles. The van der Waals surface area contributed by atoms with E-state index in [4.69, 9.17) is 0 Å². The number of guanidine groups is 1. The molecule has 2 rings (SSSR count). The molecule has 0 fully saturated rings. The van der Waals surface area contributed by atoms with E-state index in [0.29, 0.717) is 23.6 Å². The highest BCUT2D eigenvalue weighted by Crippen LogP contribution is 2.18. The van der Waals surface area contributed by atoms with Gasteiger partial charge in [-0.3, -0.25) is 0 Å². The van der Waals surface area contributed by atoms with Crippen LogP contribution in [0.25, 0.3) is 0 Å². The molecule has 166 valence electrons. The van der Waals surface area contributed by atoms with Crippen molar-refractivity contribution in [2.45, 2.75) is 51.2 Å². The topological polar surface area (TPSA) is 82.6 Å². The van der Waals surface area contributed by atoms with E-state index in [0.717, 1.165) is 0 Å². The minimum Gasteiger partial charge on any atom is -0.357 e. The van der Waals surface area contributed by atoms with Crippen molar-refractivity contribution in [1.29, 1.82) is 0 Å². The summed E-state index contributed by atoms with van der Waals surface area (Å²) in [5.74, 6) is 0.187. The van der Waals surface area contributed by atoms with Gasteiger partial charge in [0.2, 0.25) is 10.0 Å². The van der Waals surface area contributed by atoms with Gasteiger partial charge in [0.25, 0.3) is 0 Å². The lowest BCUT2D eigenvalue weighted by atomic mass is 10.1. The molecule has 3 N–H and O–H groups in total. The highest BCUT2D eigenvalue weighted by atomic mass is 127. The van der Waals surface area contributed by atoms with Crippen LogP contribution in [0.15, 0.2) is 58.4 Å². The number of benzene rings is 2. The summed E-state index contributed by atoms with van der Waals surface area (Å²) >= 11 is 0. The maximum absolute atomic E-state index is 13.8. The molecule has 0 aliphatic rings. The molecule has 0 aliphatic carbocycles. The molecule has 0 amide bonds. The molecule has 0 heterocycles. The molecule has 0 aromatic heterocycles. The number of halogens is 2. The second-order valence-electron chi connectivity index (χ2n) is 7.60. The van der Waals surface area contributed by atoms with Gasteiger partial charge in [0.05, 0.1) is 11.4 Å². The zero-order chi connectivity index (χ0) is 21.5. The van der Waals surface area contributed by atoms with Crippen LogP contribution in [0.3, 0.4) is 0 Å². The van der Waals surface area contributed by atoms with Crippen LogP contribution in [0.4, 0.5) is 4.39 Å². The summed E-state index contributed by atoms with van der Waals surface area (Å²) in [5.41, 5.74) is 0.508. The molecule has 30 heavy (non-hydrogen) atoms. The van der Waals surface area contributed by atoms with Crippen molar-refractivity contribution in [2.75, 3.05) is 6.54 Å². The van der Waals surface area contributed by atoms with E-state index in [1.54, 1.807) is 63.2 Å². The van der Waals surface area contributed by atoms with Gasteiger partial charge in [0.15, 0.2) is 5.96 Å². The third-order valence-corrected chi connectivity index (χ3v) is 5.72. The number of hydrogen-bond donors (Lipinski definition) is 3. The van der Waals surface area contributed by atoms with E-state index >= 15 is 0 Å². The third-order valence-electron chi connectivity index (χ3n) is 3.86. The minimum absolute atomic E-state index is 0. The first-order chi connectivity index (χ1) is 13.6. The van der Waals surface area contributed by atoms with Gasteiger partial charge in [0.1, 0.15) is 5.82 Å². The van der Waals surface area contributed by atoms with Gasteiger partial charge in [-0.2, -0.15) is 0 Å². The first-order valence-corrected chi connectivity index (χ1v) is 11.0. The fourth-order valence-corrected chi connectivity index (χ4v) is 4.33. The Hall–Kier alpha value is -1.72. The molecule has 0 saturated carbocycles. The van der Waals surface area contributed by atoms with Crippen LogP contribution < -0.4 is 15.4 Å². The quantitative estimate of drug-likeness (QED) is 0.280. The number of hydrogen-bond acceptors (Lipinski definition) is 3. The van der Waals surface area contributed by atoms with Crippen LogP contribution in [-0.2, 0) is 23.1 Å². The summed E-state index contributed by atoms with van der Waals surface area (Å²) in [4.78, 5) is 4.68. The number of sulfonamides is 1. The highest BCUT2D eigenvalue weighted by Gasteiger charge is 2.24. The molecule has 0 bridgehead atoms. The number of nitrogens with one attached hydrogen (secondary N) is 3. The molecule has 6 nitrogen and oxygen atoms in total. The van der Waals surface area contributed by atoms with E-state index in [2.05, 4.69) is 20.3 Å². The lowest BCUT2D eigenvalue weighted by molar-refractivity contribution is 0.491. The number of aliphatic imine (C=N–C) groups is 1. The van der Waals surface area contributed by atoms with E-state index in [1.165, 1.54) is 6.07 Å². The Labute approximate surface area is 195 Å². The largest absolute Gasteiger partial charge is 0.357 e. The SMILES string of the molecule is CCNC(=NCc1ccccc1S(=O)(=O)NC(C)(C)C)NCc1ccccc1F.I. The van der Waals surface area contributed by atoms with E-state index in [-0.39, 0.29) is 47.8 Å². The van der Waals surface area contributed by atoms with Gasteiger partial charge >= 0.3 is 0 Å². The van der Waals surface area contributed by atoms with Crippen molar-refractivity contribution >= 4 is 40.0 Å². The van der Waals surface area contributed by atoms with Gasteiger partial charge in [-0.1, -0.05) is 36.4 Å². The Morgan fingerprint density at radius 3 is 2.20 bits per heavy atom. The van der Waals surface area contributed by atoms with Crippen LogP contribution in [0.2, 0.25) is 0 Å². The zero-order valence-corrected chi connectivity index (χ0v) is 20.8. The van der Waals surface area contributed by atoms with E-state index in [9.17, 15) is 12.8 Å². The third kappa shape index (κ3) is 8.19. The van der Waals surface area contributed by atoms with E-state index in [1.807, 2.05) is 6.92 Å². The van der Waals surface area contributed by atoms with Crippen molar-refractivity contribution in [2.24, 2.45) is 4.99 Å². The van der Waals surface area contributed by atoms with Gasteiger partial charge in [-0.05, 0) is 45.4 Å². The van der Waals surface area contributed by atoms with Crippen molar-refractivity contribution in [3.05, 3.63) is 65.5 Å². The standard InChI is InChI=1S/C21H29FN4O2S.HI/c1-5-23-20(24-14-16-10-6-8-12-18(16)22)25-15-17-11-7-9-13-19(17)29(27,28)26-21(2,3)4;/h6-13,26H,5,14-15H2,1-4H3,(H2,23,24,25);1H. The molecule has 0 unspecified atom stereocenters. The Kier molecular flexibility index (Phi) is 10.2. The van der Waals surface area contributed by atoms with Gasteiger partial charge in [-0.15, -0.1) is 24.0 Å². The molecule has 2 aromatic rings. The Morgan fingerprint density at radius 2 is 1.60 bits per heavy atom. The maximum Gasteiger partial charge on any atom is 0.241 e. The average molecular weight is 548 g/mol. The van der Waals surface area contributed by atoms with Crippen LogP contribution in [-0.4, -0.2) is 26.5 Å². The molecular weight excluding hydrogens is 518 g/mol. The molecule has 0 radical (unpaired) electrons. The Bertz CT molecular complexity index is 959. The number of nitrogens with zero attached hydrogens (tertiary/aromatic N) is 1. The second-order valence-corrected chi connectivity index (χ2v) is 9.25. The molecule has 0 saturated heterocycles. The lowest BCUT2D eigenvalue weighted by Crippen LogP contribution is -2.40. The van der Waals surface area contributed by atoms with Crippen molar-refractivity contribution in [3.63, 3.8) is 0 Å². The van der Waals surface area contributed by atoms with Crippen molar-refractivity contribution in [3.8, 4) is 0 Å². The van der Waals surface area contributed by atoms with Crippen LogP contribution in [0.5, 0.6) is 0 Å². The van der Waals surface area contributed by atoms with E-state index < -0.39 is 15.6 Å². The minimum atomic E-state index is -3.68. The first-order valence-electron chi connectivity index (χ1n) is 9.50. The monoisotopic (exact) mass is 548 g/mol. The molecule has 9 heteroatoms. The van der Waals surface area contributed by atoms with Crippen LogP contribution in [0, 0.1) is 5.82 Å². The molecule has 0 spiro atoms. The summed E-state index contributed by atoms with van der Waals surface area (Å²) in [7, 11) is -3.68. The summed E-state index contributed by atoms with van der Waals surface area (Å²) in [5, 5.41) is 6.17. The normalized spacial score (nSPS) is 12.2. The molecule has 0 atom stereocenters. The molecule has 0 aliphatic heterocycles. The van der Waals surface area contributed by atoms with Crippen LogP contribution >= 0.6 is 24.0 Å². The van der Waals surface area contributed by atoms with Crippen molar-refractivity contribution in [1.82, 2.24) is 15.4 Å². The summed E-state index contributed by atoms with van der Waals surface area (Å²) < 4.78 is 42.0. The smallest absolute Gasteiger partial charge is 0.241 e. The Morgan fingerprint density at radius 1 is 1.00 bits per heavy atom. The van der Waals surface area contributed by atoms with Gasteiger partial charge in [0, 0.05) is 24.2 Å². The summed E-state index contributed by atoms with van der Waals surface area (Å²) in [6, 6.07) is 13.3. The lowest BCUT2D eigenvalue weighted by Gasteiger charge is -2.21. The Balaban J connectivity index is 0.00000450. The van der Waals surface area contributed by atoms with Crippen LogP contribution in [0.1, 0.15) is 38.8 Å². The average Bonchev–Trinajstić information content (AvgIpc) is 2.63. The second kappa shape index (κ2) is 11.6. The molecular formula is C21H30FIN4O2S. The first kappa shape index (κ1) is 26.3. The number of rotatable bonds is 7.